The molecule has 12 rings (SSSR count). The molecule has 0 bridgehead atoms. The third-order valence-electron chi connectivity index (χ3n) is 11.3. The normalized spacial score (nSPS) is 12.3. The fraction of sp³-hybridized carbons (Fsp3) is 0. The second kappa shape index (κ2) is 9.94. The monoisotopic (exact) mass is 644 g/mol. The van der Waals surface area contributed by atoms with Crippen molar-refractivity contribution in [3.05, 3.63) is 170 Å². The number of fused-ring (bicyclic) bond motifs is 10. The second-order valence-electron chi connectivity index (χ2n) is 14.0. The summed E-state index contributed by atoms with van der Waals surface area (Å²) in [6.45, 7) is 0. The van der Waals surface area contributed by atoms with Crippen molar-refractivity contribution >= 4 is 97.3 Å². The van der Waals surface area contributed by atoms with Gasteiger partial charge in [-0.3, -0.25) is 0 Å². The van der Waals surface area contributed by atoms with Gasteiger partial charge in [-0.2, -0.15) is 0 Å². The highest BCUT2D eigenvalue weighted by Gasteiger charge is 2.20. The van der Waals surface area contributed by atoms with Crippen molar-refractivity contribution in [3.8, 4) is 22.3 Å². The van der Waals surface area contributed by atoms with E-state index in [4.69, 9.17) is 4.42 Å². The predicted octanol–water partition coefficient (Wildman–Crippen LogP) is 14.4. The van der Waals surface area contributed by atoms with Crippen molar-refractivity contribution in [2.45, 2.75) is 0 Å². The van der Waals surface area contributed by atoms with E-state index in [1.54, 1.807) is 0 Å². The molecule has 0 spiro atoms. The minimum atomic E-state index is 0.913. The van der Waals surface area contributed by atoms with Crippen molar-refractivity contribution in [1.82, 2.24) is 0 Å². The fourth-order valence-electron chi connectivity index (χ4n) is 9.01. The number of furan rings is 1. The van der Waals surface area contributed by atoms with Gasteiger partial charge >= 0.3 is 0 Å². The van der Waals surface area contributed by atoms with Crippen LogP contribution in [0.5, 0.6) is 0 Å². The zero-order chi connectivity index (χ0) is 33.2. The van der Waals surface area contributed by atoms with E-state index in [-0.39, 0.29) is 0 Å². The molecule has 0 saturated heterocycles. The van der Waals surface area contributed by atoms with Crippen molar-refractivity contribution in [1.29, 1.82) is 0 Å². The Morgan fingerprint density at radius 3 is 1.65 bits per heavy atom. The van der Waals surface area contributed by atoms with Crippen LogP contribution in [0.3, 0.4) is 0 Å². The highest BCUT2D eigenvalue weighted by atomic mass is 16.3. The summed E-state index contributed by atoms with van der Waals surface area (Å²) in [6.07, 6.45) is 0. The maximum atomic E-state index is 6.86. The largest absolute Gasteiger partial charge is 0.455 e. The standard InChI is InChI=1S/C50H28O/c1-3-10-39-29(6-1)12-13-33-16-17-35-26-36(20-23-41(35)47(33)39)43-27-37(28-44-49-40-11-4-2-7-30(40)21-25-45(49)51-50(43)44)38-22-18-34-15-14-31-8-5-9-32-19-24-42(38)48(34)46(31)32/h1-28H. The van der Waals surface area contributed by atoms with Gasteiger partial charge in [0.1, 0.15) is 11.2 Å². The van der Waals surface area contributed by atoms with Crippen molar-refractivity contribution < 1.29 is 4.42 Å². The minimum Gasteiger partial charge on any atom is -0.455 e. The molecule has 234 valence electrons. The lowest BCUT2D eigenvalue weighted by Crippen LogP contribution is -1.89. The molecule has 0 saturated carbocycles. The summed E-state index contributed by atoms with van der Waals surface area (Å²) >= 11 is 0. The Bertz CT molecular complexity index is 3400. The molecule has 51 heavy (non-hydrogen) atoms. The Kier molecular flexibility index (Phi) is 5.29. The molecular weight excluding hydrogens is 617 g/mol. The Morgan fingerprint density at radius 2 is 0.843 bits per heavy atom. The lowest BCUT2D eigenvalue weighted by atomic mass is 9.88. The van der Waals surface area contributed by atoms with Gasteiger partial charge in [0.25, 0.3) is 0 Å². The molecule has 0 aliphatic carbocycles. The molecule has 1 nitrogen and oxygen atoms in total. The smallest absolute Gasteiger partial charge is 0.143 e. The molecule has 0 N–H and O–H groups in total. The van der Waals surface area contributed by atoms with Gasteiger partial charge < -0.3 is 4.42 Å². The van der Waals surface area contributed by atoms with E-state index in [0.29, 0.717) is 0 Å². The summed E-state index contributed by atoms with van der Waals surface area (Å²) in [4.78, 5) is 0. The van der Waals surface area contributed by atoms with Crippen LogP contribution in [-0.4, -0.2) is 0 Å². The maximum Gasteiger partial charge on any atom is 0.143 e. The molecule has 1 aromatic heterocycles. The van der Waals surface area contributed by atoms with E-state index < -0.39 is 0 Å². The highest BCUT2D eigenvalue weighted by Crippen LogP contribution is 2.45. The fourth-order valence-corrected chi connectivity index (χ4v) is 9.01. The summed E-state index contributed by atoms with van der Waals surface area (Å²) in [5, 5.41) is 20.1. The number of benzene rings is 11. The topological polar surface area (TPSA) is 13.1 Å². The first-order valence-corrected chi connectivity index (χ1v) is 17.7. The van der Waals surface area contributed by atoms with Crippen LogP contribution in [0.2, 0.25) is 0 Å². The van der Waals surface area contributed by atoms with Gasteiger partial charge in [0.05, 0.1) is 0 Å². The van der Waals surface area contributed by atoms with E-state index in [0.717, 1.165) is 27.7 Å². The van der Waals surface area contributed by atoms with Crippen molar-refractivity contribution in [2.24, 2.45) is 0 Å². The Labute approximate surface area is 292 Å². The molecule has 0 aliphatic rings. The van der Waals surface area contributed by atoms with E-state index in [9.17, 15) is 0 Å². The van der Waals surface area contributed by atoms with Crippen molar-refractivity contribution in [3.63, 3.8) is 0 Å². The van der Waals surface area contributed by atoms with Crippen LogP contribution >= 0.6 is 0 Å². The molecule has 1 heterocycles. The average molecular weight is 645 g/mol. The SMILES string of the molecule is c1ccc2c(c1)ccc1ccc3cc(-c4cc(-c5ccc6ccc7cccc8ccc5c6c78)cc5c4oc4ccc6ccccc6c45)ccc3c12. The van der Waals surface area contributed by atoms with Gasteiger partial charge in [-0.05, 0) is 116 Å². The van der Waals surface area contributed by atoms with E-state index >= 15 is 0 Å². The van der Waals surface area contributed by atoms with E-state index in [1.807, 2.05) is 0 Å². The lowest BCUT2D eigenvalue weighted by molar-refractivity contribution is 0.670. The van der Waals surface area contributed by atoms with Crippen LogP contribution in [0.1, 0.15) is 0 Å². The van der Waals surface area contributed by atoms with Crippen LogP contribution in [-0.2, 0) is 0 Å². The molecule has 0 fully saturated rings. The molecule has 1 heteroatoms. The van der Waals surface area contributed by atoms with E-state index in [1.165, 1.54) is 91.9 Å². The van der Waals surface area contributed by atoms with Crippen LogP contribution in [0, 0.1) is 0 Å². The summed E-state index contributed by atoms with van der Waals surface area (Å²) in [5.74, 6) is 0. The number of rotatable bonds is 2. The number of hydrogen-bond donors (Lipinski definition) is 0. The first kappa shape index (κ1) is 27.2. The molecule has 11 aromatic carbocycles. The van der Waals surface area contributed by atoms with Crippen LogP contribution in [0.25, 0.3) is 120 Å². The third-order valence-corrected chi connectivity index (χ3v) is 11.3. The van der Waals surface area contributed by atoms with Crippen LogP contribution in [0.15, 0.2) is 174 Å². The zero-order valence-corrected chi connectivity index (χ0v) is 27.6. The Balaban J connectivity index is 1.19. The molecule has 0 unspecified atom stereocenters. The summed E-state index contributed by atoms with van der Waals surface area (Å²) in [7, 11) is 0. The van der Waals surface area contributed by atoms with E-state index in [2.05, 4.69) is 170 Å². The number of hydrogen-bond acceptors (Lipinski definition) is 1. The first-order chi connectivity index (χ1) is 25.3. The predicted molar refractivity (Wildman–Crippen MR) is 218 cm³/mol. The minimum absolute atomic E-state index is 0.913. The Morgan fingerprint density at radius 1 is 0.275 bits per heavy atom. The summed E-state index contributed by atoms with van der Waals surface area (Å²) in [6, 6.07) is 62.7. The molecule has 0 radical (unpaired) electrons. The molecular formula is C50H28O. The van der Waals surface area contributed by atoms with Crippen LogP contribution < -0.4 is 0 Å². The first-order valence-electron chi connectivity index (χ1n) is 17.7. The molecule has 12 aromatic rings. The third kappa shape index (κ3) is 3.75. The summed E-state index contributed by atoms with van der Waals surface area (Å²) in [5.41, 5.74) is 6.51. The highest BCUT2D eigenvalue weighted by molar-refractivity contribution is 6.27. The maximum absolute atomic E-state index is 6.86. The molecule has 0 atom stereocenters. The average Bonchev–Trinajstić information content (AvgIpc) is 3.58. The molecule has 0 amide bonds. The zero-order valence-electron chi connectivity index (χ0n) is 27.6. The van der Waals surface area contributed by atoms with Gasteiger partial charge in [-0.15, -0.1) is 0 Å². The van der Waals surface area contributed by atoms with Gasteiger partial charge in [0.2, 0.25) is 0 Å². The van der Waals surface area contributed by atoms with Gasteiger partial charge in [-0.25, -0.2) is 0 Å². The van der Waals surface area contributed by atoms with Gasteiger partial charge in [0.15, 0.2) is 0 Å². The van der Waals surface area contributed by atoms with Crippen LogP contribution in [0.4, 0.5) is 0 Å². The van der Waals surface area contributed by atoms with Crippen molar-refractivity contribution in [2.75, 3.05) is 0 Å². The molecule has 0 aliphatic heterocycles. The summed E-state index contributed by atoms with van der Waals surface area (Å²) < 4.78 is 6.86. The second-order valence-corrected chi connectivity index (χ2v) is 14.0. The van der Waals surface area contributed by atoms with Gasteiger partial charge in [0, 0.05) is 16.3 Å². The quantitative estimate of drug-likeness (QED) is 0.171. The Hall–Kier alpha value is -6.70. The van der Waals surface area contributed by atoms with Gasteiger partial charge in [-0.1, -0.05) is 146 Å². The lowest BCUT2D eigenvalue weighted by Gasteiger charge is -2.15.